The van der Waals surface area contributed by atoms with E-state index in [1.165, 1.54) is 18.6 Å². The summed E-state index contributed by atoms with van der Waals surface area (Å²) in [5, 5.41) is 23.0. The Bertz CT molecular complexity index is 889. The fraction of sp³-hybridized carbons (Fsp3) is 0.455. The maximum atomic E-state index is 13.1. The normalized spacial score (nSPS) is 13.5. The van der Waals surface area contributed by atoms with Crippen LogP contribution in [0.1, 0.15) is 42.7 Å². The third-order valence-corrected chi connectivity index (χ3v) is 7.00. The van der Waals surface area contributed by atoms with E-state index in [1.54, 1.807) is 0 Å². The topological polar surface area (TPSA) is 133 Å². The molecule has 8 nitrogen and oxygen atoms in total. The summed E-state index contributed by atoms with van der Waals surface area (Å²) in [6, 6.07) is 6.48. The number of nitrogens with zero attached hydrogens (tertiary/aromatic N) is 2. The van der Waals surface area contributed by atoms with E-state index in [0.29, 0.717) is 6.42 Å². The maximum Gasteiger partial charge on any atom is 0.455 e. The van der Waals surface area contributed by atoms with Crippen molar-refractivity contribution in [2.75, 3.05) is 0 Å². The fourth-order valence-corrected chi connectivity index (χ4v) is 4.48. The molecule has 0 radical (unpaired) electrons. The van der Waals surface area contributed by atoms with Crippen molar-refractivity contribution in [3.8, 4) is 0 Å². The number of nitrogens with one attached hydrogen (secondary N) is 1. The molecule has 10 heteroatoms. The molecule has 0 aliphatic heterocycles. The van der Waals surface area contributed by atoms with Crippen molar-refractivity contribution < 1.29 is 24.4 Å². The average Bonchev–Trinajstić information content (AvgIpc) is 2.72. The Morgan fingerprint density at radius 2 is 1.78 bits per heavy atom. The average molecular weight is 457 g/mol. The number of benzene rings is 1. The van der Waals surface area contributed by atoms with Gasteiger partial charge in [-0.1, -0.05) is 38.1 Å². The third kappa shape index (κ3) is 7.94. The second-order valence-electron chi connectivity index (χ2n) is 9.05. The van der Waals surface area contributed by atoms with E-state index >= 15 is 0 Å². The van der Waals surface area contributed by atoms with Gasteiger partial charge in [-0.05, 0) is 42.6 Å². The van der Waals surface area contributed by atoms with Crippen LogP contribution in [0.3, 0.4) is 0 Å². The smallest absolute Gasteiger partial charge is 0.428 e. The Hall–Kier alpha value is -2.40. The first-order valence-electron chi connectivity index (χ1n) is 10.7. The van der Waals surface area contributed by atoms with Crippen molar-refractivity contribution in [2.24, 2.45) is 5.92 Å². The van der Waals surface area contributed by atoms with E-state index in [0.717, 1.165) is 10.8 Å². The molecule has 0 unspecified atom stereocenters. The van der Waals surface area contributed by atoms with Gasteiger partial charge in [-0.25, -0.2) is 4.98 Å². The Balaban J connectivity index is 2.23. The van der Waals surface area contributed by atoms with Crippen molar-refractivity contribution in [1.82, 2.24) is 15.3 Å². The standard InChI is InChI=1S/C22H32BN3O5Si/c1-15(2)11-17(23(29)30)13-21(27)19(26-22(28)20-14-24-9-10-25-20)12-16-5-7-18(8-6-16)32(3,4)31/h5-10,14-15,17,19,29-31H,11-13H2,1-4H3,(H,26,28)/t17-,19+/m1/s1. The van der Waals surface area contributed by atoms with Crippen molar-refractivity contribution >= 4 is 32.3 Å². The highest BCUT2D eigenvalue weighted by Gasteiger charge is 2.31. The SMILES string of the molecule is CC(C)C[C@H](CC(=O)[C@H](Cc1ccc([Si](C)(C)O)cc1)NC(=O)c1cnccn1)B(O)O. The molecule has 0 aliphatic rings. The quantitative estimate of drug-likeness (QED) is 0.371. The lowest BCUT2D eigenvalue weighted by molar-refractivity contribution is -0.121. The van der Waals surface area contributed by atoms with E-state index in [-0.39, 0.29) is 30.2 Å². The number of hydrogen-bond acceptors (Lipinski definition) is 7. The number of hydrogen-bond donors (Lipinski definition) is 4. The Morgan fingerprint density at radius 3 is 2.28 bits per heavy atom. The second kappa shape index (κ2) is 11.5. The van der Waals surface area contributed by atoms with Crippen LogP contribution in [0, 0.1) is 5.92 Å². The van der Waals surface area contributed by atoms with Crippen LogP contribution in [0.15, 0.2) is 42.9 Å². The lowest BCUT2D eigenvalue weighted by atomic mass is 9.66. The van der Waals surface area contributed by atoms with Gasteiger partial charge < -0.3 is 20.2 Å². The molecule has 0 bridgehead atoms. The number of rotatable bonds is 11. The van der Waals surface area contributed by atoms with Gasteiger partial charge in [-0.15, -0.1) is 0 Å². The van der Waals surface area contributed by atoms with E-state index < -0.39 is 33.2 Å². The Labute approximate surface area is 190 Å². The summed E-state index contributed by atoms with van der Waals surface area (Å²) < 4.78 is 0. The first-order chi connectivity index (χ1) is 15.0. The molecule has 0 spiro atoms. The number of amides is 1. The van der Waals surface area contributed by atoms with E-state index in [2.05, 4.69) is 15.3 Å². The molecular formula is C22H32BN3O5Si. The number of carbonyl (C=O) groups excluding carboxylic acids is 2. The summed E-state index contributed by atoms with van der Waals surface area (Å²) in [6.07, 6.45) is 4.79. The minimum absolute atomic E-state index is 0.0735. The second-order valence-corrected chi connectivity index (χ2v) is 12.7. The molecule has 2 rings (SSSR count). The van der Waals surface area contributed by atoms with Crippen LogP contribution in [0.25, 0.3) is 0 Å². The molecule has 0 saturated carbocycles. The lowest BCUT2D eigenvalue weighted by Gasteiger charge is -2.22. The van der Waals surface area contributed by atoms with Crippen LogP contribution in [-0.4, -0.2) is 58.0 Å². The zero-order valence-corrected chi connectivity index (χ0v) is 20.0. The third-order valence-electron chi connectivity index (χ3n) is 5.25. The largest absolute Gasteiger partial charge is 0.455 e. The number of ketones is 1. The molecule has 1 heterocycles. The van der Waals surface area contributed by atoms with Crippen LogP contribution in [0.4, 0.5) is 0 Å². The van der Waals surface area contributed by atoms with Crippen LogP contribution in [0.5, 0.6) is 0 Å². The molecule has 172 valence electrons. The van der Waals surface area contributed by atoms with Gasteiger partial charge in [0.1, 0.15) is 5.69 Å². The number of Topliss-reactive ketones (excluding diaryl/α,β-unsaturated/α-hetero) is 1. The molecular weight excluding hydrogens is 425 g/mol. The van der Waals surface area contributed by atoms with Gasteiger partial charge in [0.15, 0.2) is 5.78 Å². The highest BCUT2D eigenvalue weighted by Crippen LogP contribution is 2.24. The minimum Gasteiger partial charge on any atom is -0.428 e. The zero-order valence-electron chi connectivity index (χ0n) is 19.0. The molecule has 0 aliphatic carbocycles. The van der Waals surface area contributed by atoms with Gasteiger partial charge in [0.25, 0.3) is 5.91 Å². The van der Waals surface area contributed by atoms with Crippen molar-refractivity contribution in [3.05, 3.63) is 54.1 Å². The monoisotopic (exact) mass is 457 g/mol. The van der Waals surface area contributed by atoms with Gasteiger partial charge in [0.2, 0.25) is 8.32 Å². The Kier molecular flexibility index (Phi) is 9.26. The number of aromatic nitrogens is 2. The predicted octanol–water partition coefficient (Wildman–Crippen LogP) is 1.07. The lowest BCUT2D eigenvalue weighted by Crippen LogP contribution is -2.44. The van der Waals surface area contributed by atoms with Gasteiger partial charge in [-0.3, -0.25) is 14.6 Å². The predicted molar refractivity (Wildman–Crippen MR) is 126 cm³/mol. The molecule has 2 atom stereocenters. The van der Waals surface area contributed by atoms with Crippen molar-refractivity contribution in [2.45, 2.75) is 58.1 Å². The van der Waals surface area contributed by atoms with Gasteiger partial charge in [-0.2, -0.15) is 0 Å². The van der Waals surface area contributed by atoms with Crippen LogP contribution < -0.4 is 10.5 Å². The van der Waals surface area contributed by atoms with Crippen LogP contribution in [-0.2, 0) is 11.2 Å². The maximum absolute atomic E-state index is 13.1. The fourth-order valence-electron chi connectivity index (χ4n) is 3.49. The van der Waals surface area contributed by atoms with E-state index in [4.69, 9.17) is 0 Å². The first kappa shape index (κ1) is 25.9. The van der Waals surface area contributed by atoms with Gasteiger partial charge in [0, 0.05) is 24.6 Å². The van der Waals surface area contributed by atoms with Crippen molar-refractivity contribution in [3.63, 3.8) is 0 Å². The molecule has 1 amide bonds. The summed E-state index contributed by atoms with van der Waals surface area (Å²) in [6.45, 7) is 7.54. The molecule has 1 aromatic carbocycles. The highest BCUT2D eigenvalue weighted by atomic mass is 28.4. The molecule has 1 aromatic heterocycles. The molecule has 0 saturated heterocycles. The van der Waals surface area contributed by atoms with Crippen LogP contribution in [0.2, 0.25) is 18.9 Å². The van der Waals surface area contributed by atoms with Crippen LogP contribution >= 0.6 is 0 Å². The summed E-state index contributed by atoms with van der Waals surface area (Å²) in [4.78, 5) is 43.9. The van der Waals surface area contributed by atoms with E-state index in [9.17, 15) is 24.4 Å². The molecule has 2 aromatic rings. The number of carbonyl (C=O) groups is 2. The first-order valence-corrected chi connectivity index (χ1v) is 13.7. The van der Waals surface area contributed by atoms with E-state index in [1.807, 2.05) is 51.2 Å². The molecule has 0 fully saturated rings. The van der Waals surface area contributed by atoms with Crippen molar-refractivity contribution in [1.29, 1.82) is 0 Å². The summed E-state index contributed by atoms with van der Waals surface area (Å²) in [5.41, 5.74) is 0.907. The molecule has 32 heavy (non-hydrogen) atoms. The van der Waals surface area contributed by atoms with Gasteiger partial charge >= 0.3 is 7.12 Å². The van der Waals surface area contributed by atoms with Gasteiger partial charge in [0.05, 0.1) is 12.2 Å². The summed E-state index contributed by atoms with van der Waals surface area (Å²) in [5.74, 6) is -1.26. The summed E-state index contributed by atoms with van der Waals surface area (Å²) >= 11 is 0. The minimum atomic E-state index is -2.45. The summed E-state index contributed by atoms with van der Waals surface area (Å²) in [7, 11) is -4.06. The zero-order chi connectivity index (χ0) is 23.9. The highest BCUT2D eigenvalue weighted by molar-refractivity contribution is 6.83. The molecule has 4 N–H and O–H groups in total. The Morgan fingerprint density at radius 1 is 1.12 bits per heavy atom.